The van der Waals surface area contributed by atoms with Crippen LogP contribution >= 0.6 is 27.5 Å². The topological polar surface area (TPSA) is 99.6 Å². The normalized spacial score (nSPS) is 25.6. The van der Waals surface area contributed by atoms with Gasteiger partial charge in [0.05, 0.1) is 47.9 Å². The first-order valence-electron chi connectivity index (χ1n) is 16.8. The molecule has 11 heteroatoms. The molecule has 9 nitrogen and oxygen atoms in total. The summed E-state index contributed by atoms with van der Waals surface area (Å²) in [6.07, 6.45) is 3.15. The van der Waals surface area contributed by atoms with Gasteiger partial charge in [-0.3, -0.25) is 14.4 Å². The fourth-order valence-electron chi connectivity index (χ4n) is 7.93. The molecule has 0 aliphatic carbocycles. The quantitative estimate of drug-likeness (QED) is 0.164. The number of hydrogen-bond acceptors (Lipinski definition) is 6. The molecular weight excluding hydrogens is 722 g/mol. The minimum atomic E-state index is -1.36. The van der Waals surface area contributed by atoms with E-state index in [4.69, 9.17) is 21.1 Å². The maximum Gasteiger partial charge on any atom is 0.253 e. The Morgan fingerprint density at radius 2 is 1.70 bits per heavy atom. The predicted octanol–water partition coefficient (Wildman–Crippen LogP) is 5.83. The number of alkyl halides is 1. The second kappa shape index (κ2) is 15.1. The van der Waals surface area contributed by atoms with Crippen LogP contribution in [0.1, 0.15) is 18.9 Å². The minimum Gasteiger partial charge on any atom is -0.494 e. The Labute approximate surface area is 306 Å². The Morgan fingerprint density at radius 1 is 1.04 bits per heavy atom. The van der Waals surface area contributed by atoms with Crippen molar-refractivity contribution < 1.29 is 29.0 Å². The number of ether oxygens (including phenoxy) is 2. The number of carbonyl (C=O) groups excluding carboxylic acids is 3. The van der Waals surface area contributed by atoms with E-state index in [1.165, 1.54) is 9.80 Å². The monoisotopic (exact) mass is 761 g/mol. The maximum atomic E-state index is 15.1. The van der Waals surface area contributed by atoms with Crippen LogP contribution in [-0.2, 0) is 25.5 Å². The Bertz CT molecular complexity index is 1740. The van der Waals surface area contributed by atoms with Crippen LogP contribution in [-0.4, -0.2) is 82.6 Å². The zero-order valence-corrected chi connectivity index (χ0v) is 30.2. The Balaban J connectivity index is 1.46. The number of likely N-dealkylation sites (tertiary alicyclic amines) is 1. The molecule has 3 saturated heterocycles. The molecule has 7 atom stereocenters. The average molecular weight is 763 g/mol. The summed E-state index contributed by atoms with van der Waals surface area (Å²) in [4.78, 5) is 49.2. The SMILES string of the molecule is C=CCN(C(=O)[C@H]1[C@@H]2OC3(CC2Br)C(C(=O)N(CC=C)c2ccccc2Cl)N([C@@H](CO)Cc2ccccc2)C(=O)[C@H]13)c1ccc(OCC)cc1. The molecule has 3 unspecified atom stereocenters. The smallest absolute Gasteiger partial charge is 0.253 e. The number of anilines is 2. The molecule has 1 N–H and O–H groups in total. The molecule has 3 heterocycles. The number of nitrogens with zero attached hydrogens (tertiary/aromatic N) is 3. The van der Waals surface area contributed by atoms with Gasteiger partial charge in [0.15, 0.2) is 0 Å². The number of amides is 3. The Hall–Kier alpha value is -3.96. The molecule has 3 aromatic carbocycles. The first kappa shape index (κ1) is 35.9. The largest absolute Gasteiger partial charge is 0.494 e. The molecule has 3 aromatic rings. The van der Waals surface area contributed by atoms with Crippen molar-refractivity contribution in [2.45, 2.75) is 48.4 Å². The van der Waals surface area contributed by atoms with Gasteiger partial charge in [0, 0.05) is 23.6 Å². The molecule has 3 aliphatic heterocycles. The highest BCUT2D eigenvalue weighted by molar-refractivity contribution is 9.09. The highest BCUT2D eigenvalue weighted by atomic mass is 79.9. The minimum absolute atomic E-state index is 0.110. The lowest BCUT2D eigenvalue weighted by Gasteiger charge is -2.39. The van der Waals surface area contributed by atoms with E-state index in [2.05, 4.69) is 29.1 Å². The van der Waals surface area contributed by atoms with E-state index >= 15 is 9.59 Å². The standard InChI is InChI=1S/C39H41BrClN3O6/c1-4-20-42(26-16-18-28(19-17-26)49-6-3)36(46)32-33-37(47)44(27(24-45)22-25-12-8-7-9-13-25)35(39(33)23-29(40)34(32)50-39)38(48)43(21-5-2)31-15-11-10-14-30(31)41/h4-5,7-19,27,29,32-35,45H,1-2,6,20-24H2,3H3/t27-,29?,32-,33+,34-,35?,39?/m1/s1. The summed E-state index contributed by atoms with van der Waals surface area (Å²) < 4.78 is 12.4. The van der Waals surface area contributed by atoms with E-state index in [0.717, 1.165) is 5.56 Å². The van der Waals surface area contributed by atoms with Gasteiger partial charge in [-0.1, -0.05) is 82.1 Å². The third-order valence-electron chi connectivity index (χ3n) is 9.92. The van der Waals surface area contributed by atoms with Crippen LogP contribution in [0.2, 0.25) is 5.02 Å². The van der Waals surface area contributed by atoms with Gasteiger partial charge in [-0.25, -0.2) is 0 Å². The summed E-state index contributed by atoms with van der Waals surface area (Å²) in [5.41, 5.74) is 0.595. The Morgan fingerprint density at radius 3 is 2.34 bits per heavy atom. The van der Waals surface area contributed by atoms with E-state index in [9.17, 15) is 9.90 Å². The van der Waals surface area contributed by atoms with Gasteiger partial charge in [0.2, 0.25) is 11.8 Å². The molecule has 2 bridgehead atoms. The molecular formula is C39H41BrClN3O6. The summed E-state index contributed by atoms with van der Waals surface area (Å²) in [6, 6.07) is 21.7. The van der Waals surface area contributed by atoms with Crippen molar-refractivity contribution in [3.05, 3.63) is 115 Å². The predicted molar refractivity (Wildman–Crippen MR) is 198 cm³/mol. The number of hydrogen-bond donors (Lipinski definition) is 1. The van der Waals surface area contributed by atoms with Crippen LogP contribution in [0, 0.1) is 11.8 Å². The van der Waals surface area contributed by atoms with Crippen LogP contribution in [0.5, 0.6) is 5.75 Å². The number of para-hydroxylation sites is 1. The number of benzene rings is 3. The van der Waals surface area contributed by atoms with Crippen molar-refractivity contribution in [1.29, 1.82) is 0 Å². The summed E-state index contributed by atoms with van der Waals surface area (Å²) in [5.74, 6) is -2.38. The van der Waals surface area contributed by atoms with Crippen LogP contribution < -0.4 is 14.5 Å². The van der Waals surface area contributed by atoms with E-state index in [-0.39, 0.29) is 30.2 Å². The van der Waals surface area contributed by atoms with E-state index in [1.54, 1.807) is 65.6 Å². The second-order valence-electron chi connectivity index (χ2n) is 12.8. The molecule has 3 aliphatic rings. The van der Waals surface area contributed by atoms with Gasteiger partial charge in [0.1, 0.15) is 17.4 Å². The third kappa shape index (κ3) is 6.27. The maximum absolute atomic E-state index is 15.1. The lowest BCUT2D eigenvalue weighted by atomic mass is 9.70. The van der Waals surface area contributed by atoms with Gasteiger partial charge in [-0.2, -0.15) is 0 Å². The van der Waals surface area contributed by atoms with Crippen molar-refractivity contribution in [1.82, 2.24) is 4.90 Å². The van der Waals surface area contributed by atoms with Crippen LogP contribution in [0.4, 0.5) is 11.4 Å². The molecule has 0 saturated carbocycles. The molecule has 3 fully saturated rings. The fourth-order valence-corrected chi connectivity index (χ4v) is 9.11. The van der Waals surface area contributed by atoms with Crippen molar-refractivity contribution in [3.8, 4) is 5.75 Å². The van der Waals surface area contributed by atoms with E-state index < -0.39 is 54.0 Å². The van der Waals surface area contributed by atoms with Gasteiger partial charge >= 0.3 is 0 Å². The number of fused-ring (bicyclic) bond motifs is 1. The van der Waals surface area contributed by atoms with Gasteiger partial charge in [-0.15, -0.1) is 13.2 Å². The van der Waals surface area contributed by atoms with Crippen LogP contribution in [0.3, 0.4) is 0 Å². The number of carbonyl (C=O) groups is 3. The van der Waals surface area contributed by atoms with Crippen LogP contribution in [0.25, 0.3) is 0 Å². The molecule has 0 radical (unpaired) electrons. The van der Waals surface area contributed by atoms with E-state index in [1.807, 2.05) is 37.3 Å². The first-order valence-corrected chi connectivity index (χ1v) is 18.1. The summed E-state index contributed by atoms with van der Waals surface area (Å²) in [6.45, 7) is 10.1. The number of rotatable bonds is 14. The third-order valence-corrected chi connectivity index (χ3v) is 11.1. The molecule has 0 aromatic heterocycles. The van der Waals surface area contributed by atoms with Crippen LogP contribution in [0.15, 0.2) is 104 Å². The second-order valence-corrected chi connectivity index (χ2v) is 14.4. The van der Waals surface area contributed by atoms with Crippen molar-refractivity contribution in [2.75, 3.05) is 36.1 Å². The molecule has 3 amide bonds. The lowest BCUT2D eigenvalue weighted by molar-refractivity contribution is -0.144. The summed E-state index contributed by atoms with van der Waals surface area (Å²) >= 11 is 10.4. The van der Waals surface area contributed by atoms with E-state index in [0.29, 0.717) is 35.2 Å². The molecule has 6 rings (SSSR count). The number of halogens is 2. The van der Waals surface area contributed by atoms with Gasteiger partial charge in [0.25, 0.3) is 5.91 Å². The summed E-state index contributed by atoms with van der Waals surface area (Å²) in [5, 5.41) is 11.2. The lowest BCUT2D eigenvalue weighted by Crippen LogP contribution is -2.59. The number of aliphatic hydroxyl groups excluding tert-OH is 1. The van der Waals surface area contributed by atoms with Crippen molar-refractivity contribution >= 4 is 56.6 Å². The fraction of sp³-hybridized carbons (Fsp3) is 0.359. The zero-order valence-electron chi connectivity index (χ0n) is 27.9. The highest BCUT2D eigenvalue weighted by Crippen LogP contribution is 2.61. The average Bonchev–Trinajstić information content (AvgIpc) is 3.72. The van der Waals surface area contributed by atoms with Crippen molar-refractivity contribution in [2.24, 2.45) is 11.8 Å². The van der Waals surface area contributed by atoms with Gasteiger partial charge in [-0.05, 0) is 61.7 Å². The molecule has 1 spiro atoms. The first-order chi connectivity index (χ1) is 24.2. The van der Waals surface area contributed by atoms with Gasteiger partial charge < -0.3 is 29.3 Å². The highest BCUT2D eigenvalue weighted by Gasteiger charge is 2.77. The Kier molecular flexibility index (Phi) is 10.8. The van der Waals surface area contributed by atoms with Crippen molar-refractivity contribution in [3.63, 3.8) is 0 Å². The summed E-state index contributed by atoms with van der Waals surface area (Å²) in [7, 11) is 0. The molecule has 50 heavy (non-hydrogen) atoms. The molecule has 262 valence electrons. The number of aliphatic hydroxyl groups is 1. The zero-order chi connectivity index (χ0) is 35.6.